The number of nitrogens with zero attached hydrogens (tertiary/aromatic N) is 1. The monoisotopic (exact) mass is 256 g/mol. The van der Waals surface area contributed by atoms with Crippen LogP contribution in [0.15, 0.2) is 0 Å². The lowest BCUT2D eigenvalue weighted by Crippen LogP contribution is -2.41. The van der Waals surface area contributed by atoms with E-state index < -0.39 is 5.60 Å². The Hall–Kier alpha value is -1.10. The first-order valence-electron chi connectivity index (χ1n) is 6.47. The summed E-state index contributed by atoms with van der Waals surface area (Å²) in [4.78, 5) is 25.3. The van der Waals surface area contributed by atoms with Gasteiger partial charge in [-0.25, -0.2) is 0 Å². The number of rotatable bonds is 5. The molecule has 0 aliphatic carbocycles. The quantitative estimate of drug-likeness (QED) is 0.747. The lowest BCUT2D eigenvalue weighted by atomic mass is 10.1. The van der Waals surface area contributed by atoms with Gasteiger partial charge in [-0.2, -0.15) is 0 Å². The summed E-state index contributed by atoms with van der Waals surface area (Å²) in [5, 5.41) is 12.2. The minimum absolute atomic E-state index is 0.0482. The lowest BCUT2D eigenvalue weighted by molar-refractivity contribution is -0.129. The van der Waals surface area contributed by atoms with Gasteiger partial charge in [0, 0.05) is 26.1 Å². The second-order valence-electron chi connectivity index (χ2n) is 6.12. The first-order valence-corrected chi connectivity index (χ1v) is 6.47. The third kappa shape index (κ3) is 4.64. The van der Waals surface area contributed by atoms with E-state index in [9.17, 15) is 14.7 Å². The van der Waals surface area contributed by atoms with Gasteiger partial charge in [-0.15, -0.1) is 0 Å². The molecule has 0 saturated carbocycles. The number of carbonyl (C=O) groups excluding carboxylic acids is 2. The molecule has 1 unspecified atom stereocenters. The van der Waals surface area contributed by atoms with Crippen LogP contribution >= 0.6 is 0 Å². The van der Waals surface area contributed by atoms with E-state index in [0.29, 0.717) is 19.0 Å². The minimum atomic E-state index is -0.921. The van der Waals surface area contributed by atoms with Crippen molar-refractivity contribution in [1.82, 2.24) is 10.2 Å². The lowest BCUT2D eigenvalue weighted by Gasteiger charge is -2.20. The number of carbonyl (C=O) groups is 2. The summed E-state index contributed by atoms with van der Waals surface area (Å²) < 4.78 is 0. The SMILES string of the molecule is CC(C)CN1CC(C(=O)NCC(C)(C)O)CC1=O. The number of nitrogens with one attached hydrogen (secondary N) is 1. The van der Waals surface area contributed by atoms with Gasteiger partial charge in [-0.05, 0) is 19.8 Å². The fourth-order valence-electron chi connectivity index (χ4n) is 2.01. The molecule has 1 saturated heterocycles. The number of hydrogen-bond acceptors (Lipinski definition) is 3. The molecule has 2 N–H and O–H groups in total. The first-order chi connectivity index (χ1) is 8.19. The Morgan fingerprint density at radius 1 is 1.56 bits per heavy atom. The molecule has 5 heteroatoms. The Bertz CT molecular complexity index is 321. The summed E-state index contributed by atoms with van der Waals surface area (Å²) in [6.45, 7) is 8.78. The number of hydrogen-bond donors (Lipinski definition) is 2. The molecular formula is C13H24N2O3. The van der Waals surface area contributed by atoms with Crippen LogP contribution in [0.5, 0.6) is 0 Å². The summed E-state index contributed by atoms with van der Waals surface area (Å²) in [6, 6.07) is 0. The van der Waals surface area contributed by atoms with Crippen LogP contribution in [0.4, 0.5) is 0 Å². The smallest absolute Gasteiger partial charge is 0.225 e. The highest BCUT2D eigenvalue weighted by atomic mass is 16.3. The maximum absolute atomic E-state index is 11.9. The normalized spacial score (nSPS) is 20.7. The molecule has 1 fully saturated rings. The van der Waals surface area contributed by atoms with E-state index in [0.717, 1.165) is 0 Å². The zero-order valence-corrected chi connectivity index (χ0v) is 11.7. The zero-order valence-electron chi connectivity index (χ0n) is 11.7. The number of likely N-dealkylation sites (tertiary alicyclic amines) is 1. The van der Waals surface area contributed by atoms with Crippen molar-refractivity contribution in [3.8, 4) is 0 Å². The highest BCUT2D eigenvalue weighted by Gasteiger charge is 2.34. The highest BCUT2D eigenvalue weighted by Crippen LogP contribution is 2.19. The number of amides is 2. The summed E-state index contributed by atoms with van der Waals surface area (Å²) in [5.74, 6) is 0.0366. The molecule has 0 bridgehead atoms. The molecule has 2 amide bonds. The second-order valence-corrected chi connectivity index (χ2v) is 6.12. The molecule has 0 aromatic rings. The van der Waals surface area contributed by atoms with Gasteiger partial charge >= 0.3 is 0 Å². The maximum atomic E-state index is 11.9. The fourth-order valence-corrected chi connectivity index (χ4v) is 2.01. The Balaban J connectivity index is 2.45. The van der Waals surface area contributed by atoms with Crippen LogP contribution in [0.2, 0.25) is 0 Å². The van der Waals surface area contributed by atoms with E-state index in [4.69, 9.17) is 0 Å². The van der Waals surface area contributed by atoms with Crippen LogP contribution in [0, 0.1) is 11.8 Å². The van der Waals surface area contributed by atoms with Crippen molar-refractivity contribution < 1.29 is 14.7 Å². The average molecular weight is 256 g/mol. The van der Waals surface area contributed by atoms with E-state index >= 15 is 0 Å². The number of aliphatic hydroxyl groups is 1. The van der Waals surface area contributed by atoms with Crippen LogP contribution < -0.4 is 5.32 Å². The Labute approximate surface area is 109 Å². The molecule has 1 atom stereocenters. The topological polar surface area (TPSA) is 69.6 Å². The summed E-state index contributed by atoms with van der Waals surface area (Å²) in [5.41, 5.74) is -0.921. The third-order valence-corrected chi connectivity index (χ3v) is 2.87. The van der Waals surface area contributed by atoms with Crippen LogP contribution in [0.25, 0.3) is 0 Å². The Morgan fingerprint density at radius 2 is 2.17 bits per heavy atom. The Morgan fingerprint density at radius 3 is 2.67 bits per heavy atom. The van der Waals surface area contributed by atoms with Crippen molar-refractivity contribution in [3.05, 3.63) is 0 Å². The standard InChI is InChI=1S/C13H24N2O3/c1-9(2)6-15-7-10(5-11(15)16)12(17)14-8-13(3,4)18/h9-10,18H,5-8H2,1-4H3,(H,14,17). The van der Waals surface area contributed by atoms with E-state index in [-0.39, 0.29) is 30.7 Å². The van der Waals surface area contributed by atoms with Crippen molar-refractivity contribution in [1.29, 1.82) is 0 Å². The molecule has 0 aromatic carbocycles. The highest BCUT2D eigenvalue weighted by molar-refractivity contribution is 5.89. The van der Waals surface area contributed by atoms with Crippen molar-refractivity contribution in [2.75, 3.05) is 19.6 Å². The predicted octanol–water partition coefficient (Wildman–Crippen LogP) is 0.378. The van der Waals surface area contributed by atoms with Gasteiger partial charge in [0.25, 0.3) is 0 Å². The van der Waals surface area contributed by atoms with E-state index in [1.807, 2.05) is 0 Å². The molecule has 5 nitrogen and oxygen atoms in total. The van der Waals surface area contributed by atoms with Crippen LogP contribution in [0.1, 0.15) is 34.1 Å². The molecule has 0 aromatic heterocycles. The molecule has 1 aliphatic heterocycles. The second kappa shape index (κ2) is 5.69. The minimum Gasteiger partial charge on any atom is -0.389 e. The Kier molecular flexibility index (Phi) is 4.73. The fraction of sp³-hybridized carbons (Fsp3) is 0.846. The van der Waals surface area contributed by atoms with E-state index in [1.165, 1.54) is 0 Å². The summed E-state index contributed by atoms with van der Waals surface area (Å²) >= 11 is 0. The van der Waals surface area contributed by atoms with Gasteiger partial charge in [0.15, 0.2) is 0 Å². The van der Waals surface area contributed by atoms with Gasteiger partial charge in [0.1, 0.15) is 0 Å². The van der Waals surface area contributed by atoms with Gasteiger partial charge in [0.2, 0.25) is 11.8 Å². The van der Waals surface area contributed by atoms with Gasteiger partial charge in [-0.3, -0.25) is 9.59 Å². The van der Waals surface area contributed by atoms with Gasteiger partial charge < -0.3 is 15.3 Å². The zero-order chi connectivity index (χ0) is 13.9. The average Bonchev–Trinajstić information content (AvgIpc) is 2.55. The van der Waals surface area contributed by atoms with Crippen LogP contribution in [-0.2, 0) is 9.59 Å². The third-order valence-electron chi connectivity index (χ3n) is 2.87. The molecule has 1 aliphatic rings. The maximum Gasteiger partial charge on any atom is 0.225 e. The van der Waals surface area contributed by atoms with Gasteiger partial charge in [0.05, 0.1) is 11.5 Å². The van der Waals surface area contributed by atoms with Crippen molar-refractivity contribution in [3.63, 3.8) is 0 Å². The van der Waals surface area contributed by atoms with E-state index in [2.05, 4.69) is 19.2 Å². The van der Waals surface area contributed by atoms with Crippen LogP contribution in [0.3, 0.4) is 0 Å². The molecule has 1 rings (SSSR count). The first kappa shape index (κ1) is 15.0. The molecule has 0 radical (unpaired) electrons. The van der Waals surface area contributed by atoms with Crippen LogP contribution in [-0.4, -0.2) is 47.1 Å². The van der Waals surface area contributed by atoms with Crippen molar-refractivity contribution in [2.45, 2.75) is 39.7 Å². The molecule has 104 valence electrons. The summed E-state index contributed by atoms with van der Waals surface area (Å²) in [6.07, 6.45) is 0.282. The molecule has 0 spiro atoms. The van der Waals surface area contributed by atoms with Gasteiger partial charge in [-0.1, -0.05) is 13.8 Å². The van der Waals surface area contributed by atoms with E-state index in [1.54, 1.807) is 18.7 Å². The van der Waals surface area contributed by atoms with Crippen molar-refractivity contribution in [2.24, 2.45) is 11.8 Å². The van der Waals surface area contributed by atoms with Crippen molar-refractivity contribution >= 4 is 11.8 Å². The molecule has 1 heterocycles. The predicted molar refractivity (Wildman–Crippen MR) is 68.8 cm³/mol. The largest absolute Gasteiger partial charge is 0.389 e. The summed E-state index contributed by atoms with van der Waals surface area (Å²) in [7, 11) is 0. The molecule has 18 heavy (non-hydrogen) atoms. The molecular weight excluding hydrogens is 232 g/mol.